The van der Waals surface area contributed by atoms with Crippen molar-refractivity contribution >= 4 is 11.8 Å². The Morgan fingerprint density at radius 3 is 2.07 bits per heavy atom. The van der Waals surface area contributed by atoms with Gasteiger partial charge in [0.2, 0.25) is 11.8 Å². The average Bonchev–Trinajstić information content (AvgIpc) is 2.78. The fourth-order valence-electron chi connectivity index (χ4n) is 3.56. The maximum atomic E-state index is 12.5. The molecule has 2 aromatic carbocycles. The van der Waals surface area contributed by atoms with Crippen molar-refractivity contribution in [2.45, 2.75) is 37.8 Å². The minimum atomic E-state index is -0.257. The molecule has 2 N–H and O–H groups in total. The first-order valence-corrected chi connectivity index (χ1v) is 10.1. The lowest BCUT2D eigenvalue weighted by atomic mass is 9.99. The number of benzene rings is 2. The summed E-state index contributed by atoms with van der Waals surface area (Å²) in [7, 11) is 3.20. The third-order valence-electron chi connectivity index (χ3n) is 5.18. The molecule has 2 atom stereocenters. The van der Waals surface area contributed by atoms with Crippen LogP contribution >= 0.6 is 0 Å². The first-order chi connectivity index (χ1) is 14.6. The van der Waals surface area contributed by atoms with E-state index >= 15 is 0 Å². The molecule has 0 bridgehead atoms. The Hall–Kier alpha value is -3.28. The molecule has 158 valence electrons. The van der Waals surface area contributed by atoms with E-state index in [0.717, 1.165) is 11.1 Å². The van der Waals surface area contributed by atoms with E-state index in [0.29, 0.717) is 24.3 Å². The van der Waals surface area contributed by atoms with Gasteiger partial charge in [-0.05, 0) is 30.5 Å². The van der Waals surface area contributed by atoms with Gasteiger partial charge in [-0.3, -0.25) is 9.59 Å². The van der Waals surface area contributed by atoms with Gasteiger partial charge in [0.15, 0.2) is 0 Å². The van der Waals surface area contributed by atoms with Crippen molar-refractivity contribution in [2.75, 3.05) is 14.2 Å². The topological polar surface area (TPSA) is 76.7 Å². The maximum absolute atomic E-state index is 12.5. The molecule has 1 aliphatic rings. The summed E-state index contributed by atoms with van der Waals surface area (Å²) in [4.78, 5) is 24.9. The molecule has 0 aliphatic carbocycles. The van der Waals surface area contributed by atoms with E-state index in [4.69, 9.17) is 9.47 Å². The van der Waals surface area contributed by atoms with Gasteiger partial charge in [-0.2, -0.15) is 0 Å². The Labute approximate surface area is 177 Å². The zero-order valence-corrected chi connectivity index (χ0v) is 17.4. The van der Waals surface area contributed by atoms with Gasteiger partial charge in [-0.1, -0.05) is 42.5 Å². The third kappa shape index (κ3) is 5.63. The SMILES string of the molecule is COc1ccc([C@@H]2C/C=C\C[C@@H](c3ccccc3)NC(=O)CCC(=O)N2)c(OC)c1. The van der Waals surface area contributed by atoms with Crippen LogP contribution in [0.5, 0.6) is 11.5 Å². The van der Waals surface area contributed by atoms with E-state index in [-0.39, 0.29) is 36.7 Å². The molecular weight excluding hydrogens is 380 g/mol. The highest BCUT2D eigenvalue weighted by molar-refractivity contribution is 5.84. The van der Waals surface area contributed by atoms with Crippen LogP contribution in [0.1, 0.15) is 48.9 Å². The Bertz CT molecular complexity index is 895. The van der Waals surface area contributed by atoms with E-state index in [1.807, 2.05) is 48.5 Å². The summed E-state index contributed by atoms with van der Waals surface area (Å²) in [6, 6.07) is 15.1. The summed E-state index contributed by atoms with van der Waals surface area (Å²) in [5.74, 6) is 1.04. The quantitative estimate of drug-likeness (QED) is 0.754. The number of hydrogen-bond donors (Lipinski definition) is 2. The van der Waals surface area contributed by atoms with Crippen molar-refractivity contribution in [1.29, 1.82) is 0 Å². The fourth-order valence-corrected chi connectivity index (χ4v) is 3.56. The Balaban J connectivity index is 1.84. The van der Waals surface area contributed by atoms with Gasteiger partial charge in [-0.25, -0.2) is 0 Å². The van der Waals surface area contributed by atoms with Gasteiger partial charge >= 0.3 is 0 Å². The number of carbonyl (C=O) groups is 2. The van der Waals surface area contributed by atoms with Gasteiger partial charge in [-0.15, -0.1) is 0 Å². The molecule has 2 amide bonds. The number of methoxy groups -OCH3 is 2. The van der Waals surface area contributed by atoms with Gasteiger partial charge < -0.3 is 20.1 Å². The smallest absolute Gasteiger partial charge is 0.221 e. The lowest BCUT2D eigenvalue weighted by molar-refractivity contribution is -0.127. The van der Waals surface area contributed by atoms with Crippen LogP contribution in [0.15, 0.2) is 60.7 Å². The molecule has 3 rings (SSSR count). The molecule has 0 spiro atoms. The second-order valence-corrected chi connectivity index (χ2v) is 7.20. The summed E-state index contributed by atoms with van der Waals surface area (Å²) < 4.78 is 10.8. The zero-order chi connectivity index (χ0) is 21.3. The van der Waals surface area contributed by atoms with E-state index in [9.17, 15) is 9.59 Å². The number of hydrogen-bond acceptors (Lipinski definition) is 4. The molecular formula is C24H28N2O4. The normalized spacial score (nSPS) is 21.4. The van der Waals surface area contributed by atoms with Crippen LogP contribution in [0.3, 0.4) is 0 Å². The molecule has 1 aliphatic heterocycles. The molecule has 0 saturated carbocycles. The summed E-state index contributed by atoms with van der Waals surface area (Å²) in [6.45, 7) is 0. The Morgan fingerprint density at radius 1 is 0.800 bits per heavy atom. The molecule has 0 unspecified atom stereocenters. The van der Waals surface area contributed by atoms with Crippen molar-refractivity contribution in [3.05, 3.63) is 71.8 Å². The summed E-state index contributed by atoms with van der Waals surface area (Å²) >= 11 is 0. The van der Waals surface area contributed by atoms with Crippen LogP contribution in [-0.4, -0.2) is 26.0 Å². The molecule has 0 aromatic heterocycles. The first kappa shape index (κ1) is 21.4. The van der Waals surface area contributed by atoms with Crippen LogP contribution in [-0.2, 0) is 9.59 Å². The highest BCUT2D eigenvalue weighted by atomic mass is 16.5. The van der Waals surface area contributed by atoms with Crippen LogP contribution in [0.4, 0.5) is 0 Å². The van der Waals surface area contributed by atoms with Crippen molar-refractivity contribution < 1.29 is 19.1 Å². The number of carbonyl (C=O) groups excluding carboxylic acids is 2. The van der Waals surface area contributed by atoms with E-state index in [1.165, 1.54) is 0 Å². The van der Waals surface area contributed by atoms with Crippen molar-refractivity contribution in [2.24, 2.45) is 0 Å². The second kappa shape index (κ2) is 10.5. The highest BCUT2D eigenvalue weighted by Gasteiger charge is 2.20. The lowest BCUT2D eigenvalue weighted by Crippen LogP contribution is -2.32. The number of amides is 2. The van der Waals surface area contributed by atoms with Gasteiger partial charge in [0.05, 0.1) is 26.3 Å². The summed E-state index contributed by atoms with van der Waals surface area (Å²) in [5.41, 5.74) is 1.92. The average molecular weight is 408 g/mol. The standard InChI is InChI=1S/C24H28N2O4/c1-29-18-12-13-19(22(16-18)30-2)21-11-7-6-10-20(17-8-4-3-5-9-17)25-23(27)14-15-24(28)26-21/h3-9,12-13,16,20-21H,10-11,14-15H2,1-2H3,(H,25,27)(H,26,28)/b7-6-/t20-,21-/m0/s1. The minimum absolute atomic E-state index is 0.119. The first-order valence-electron chi connectivity index (χ1n) is 10.1. The van der Waals surface area contributed by atoms with Crippen LogP contribution < -0.4 is 20.1 Å². The third-order valence-corrected chi connectivity index (χ3v) is 5.18. The van der Waals surface area contributed by atoms with Gasteiger partial charge in [0, 0.05) is 24.5 Å². The van der Waals surface area contributed by atoms with E-state index < -0.39 is 0 Å². The molecule has 6 nitrogen and oxygen atoms in total. The van der Waals surface area contributed by atoms with Crippen LogP contribution in [0.25, 0.3) is 0 Å². The summed E-state index contributed by atoms with van der Waals surface area (Å²) in [6.07, 6.45) is 5.66. The lowest BCUT2D eigenvalue weighted by Gasteiger charge is -2.22. The van der Waals surface area contributed by atoms with Crippen molar-refractivity contribution in [1.82, 2.24) is 10.6 Å². The van der Waals surface area contributed by atoms with Crippen LogP contribution in [0.2, 0.25) is 0 Å². The Morgan fingerprint density at radius 2 is 1.43 bits per heavy atom. The molecule has 2 aromatic rings. The largest absolute Gasteiger partial charge is 0.497 e. The maximum Gasteiger partial charge on any atom is 0.221 e. The van der Waals surface area contributed by atoms with Gasteiger partial charge in [0.1, 0.15) is 11.5 Å². The second-order valence-electron chi connectivity index (χ2n) is 7.20. The molecule has 6 heteroatoms. The predicted molar refractivity (Wildman–Crippen MR) is 115 cm³/mol. The fraction of sp³-hybridized carbons (Fsp3) is 0.333. The van der Waals surface area contributed by atoms with Gasteiger partial charge in [0.25, 0.3) is 0 Å². The van der Waals surface area contributed by atoms with Crippen molar-refractivity contribution in [3.63, 3.8) is 0 Å². The molecule has 30 heavy (non-hydrogen) atoms. The van der Waals surface area contributed by atoms with Crippen molar-refractivity contribution in [3.8, 4) is 11.5 Å². The molecule has 0 saturated heterocycles. The number of nitrogens with one attached hydrogen (secondary N) is 2. The predicted octanol–water partition coefficient (Wildman–Crippen LogP) is 3.85. The van der Waals surface area contributed by atoms with E-state index in [2.05, 4.69) is 16.7 Å². The highest BCUT2D eigenvalue weighted by Crippen LogP contribution is 2.32. The Kier molecular flexibility index (Phi) is 7.49. The van der Waals surface area contributed by atoms with E-state index in [1.54, 1.807) is 20.3 Å². The van der Waals surface area contributed by atoms with Crippen LogP contribution in [0, 0.1) is 0 Å². The number of rotatable bonds is 4. The molecule has 1 heterocycles. The monoisotopic (exact) mass is 408 g/mol. The summed E-state index contributed by atoms with van der Waals surface area (Å²) in [5, 5.41) is 6.08. The number of ether oxygens (including phenoxy) is 2. The molecule has 0 radical (unpaired) electrons. The minimum Gasteiger partial charge on any atom is -0.497 e. The molecule has 0 fully saturated rings. The zero-order valence-electron chi connectivity index (χ0n) is 17.4.